The number of aromatic nitrogens is 2. The van der Waals surface area contributed by atoms with Gasteiger partial charge in [-0.15, -0.1) is 0 Å². The van der Waals surface area contributed by atoms with Crippen molar-refractivity contribution in [2.24, 2.45) is 0 Å². The number of fused-ring (bicyclic) bond motifs is 4. The van der Waals surface area contributed by atoms with Gasteiger partial charge in [-0.25, -0.2) is 0 Å². The molecule has 0 aliphatic carbocycles. The lowest BCUT2D eigenvalue weighted by molar-refractivity contribution is 0.484. The fourth-order valence-electron chi connectivity index (χ4n) is 4.25. The monoisotopic (exact) mass is 420 g/mol. The molecule has 150 valence electrons. The zero-order chi connectivity index (χ0) is 21.4. The maximum absolute atomic E-state index is 13.3. The summed E-state index contributed by atoms with van der Waals surface area (Å²) in [6.45, 7) is 3.62. The van der Waals surface area contributed by atoms with Crippen LogP contribution in [0.2, 0.25) is 0 Å². The average molecular weight is 420 g/mol. The Hall–Kier alpha value is -3.49. The predicted molar refractivity (Wildman–Crippen MR) is 117 cm³/mol. The number of aromatic amines is 2. The standard InChI is InChI=1S/C22H16N2O5S/c1-10-5-3-6-13-17(10)22(26)18-11(2)20-12(9-15(18)23-13)21(25)19-14(24-20)7-4-8-16(19)30(27,28)29/h3-9H,1-2H3,(H,23,26)(H,24,25)(H,27,28,29). The van der Waals surface area contributed by atoms with Gasteiger partial charge in [-0.2, -0.15) is 8.42 Å². The molecule has 0 fully saturated rings. The van der Waals surface area contributed by atoms with Crippen molar-refractivity contribution in [1.82, 2.24) is 9.97 Å². The molecule has 0 aliphatic rings. The molecule has 0 saturated heterocycles. The minimum Gasteiger partial charge on any atom is -0.354 e. The normalized spacial score (nSPS) is 12.4. The molecule has 3 aromatic carbocycles. The highest BCUT2D eigenvalue weighted by molar-refractivity contribution is 7.86. The van der Waals surface area contributed by atoms with Crippen molar-refractivity contribution in [2.75, 3.05) is 0 Å². The molecule has 0 saturated carbocycles. The van der Waals surface area contributed by atoms with Crippen LogP contribution in [0.25, 0.3) is 43.6 Å². The van der Waals surface area contributed by atoms with Crippen molar-refractivity contribution in [3.63, 3.8) is 0 Å². The lowest BCUT2D eigenvalue weighted by Gasteiger charge is -2.12. The molecule has 7 nitrogen and oxygen atoms in total. The number of rotatable bonds is 1. The first kappa shape index (κ1) is 18.5. The summed E-state index contributed by atoms with van der Waals surface area (Å²) in [5.74, 6) is 0. The van der Waals surface area contributed by atoms with E-state index in [0.717, 1.165) is 5.56 Å². The Morgan fingerprint density at radius 2 is 1.47 bits per heavy atom. The van der Waals surface area contributed by atoms with Crippen molar-refractivity contribution in [3.8, 4) is 0 Å². The fourth-order valence-corrected chi connectivity index (χ4v) is 4.96. The molecule has 30 heavy (non-hydrogen) atoms. The van der Waals surface area contributed by atoms with Gasteiger partial charge in [-0.05, 0) is 49.2 Å². The van der Waals surface area contributed by atoms with Crippen LogP contribution in [-0.2, 0) is 10.1 Å². The quantitative estimate of drug-likeness (QED) is 0.283. The molecule has 2 aromatic heterocycles. The molecule has 0 spiro atoms. The van der Waals surface area contributed by atoms with Crippen LogP contribution in [0, 0.1) is 13.8 Å². The SMILES string of the molecule is Cc1cccc2[nH]c3cc4c(=O)c5c(S(=O)(=O)O)cccc5[nH]c4c(C)c3c(=O)c12. The number of aryl methyl sites for hydroxylation is 2. The molecule has 2 heterocycles. The Labute approximate surface area is 169 Å². The third-order valence-corrected chi connectivity index (χ3v) is 6.51. The Bertz CT molecular complexity index is 1780. The van der Waals surface area contributed by atoms with Crippen molar-refractivity contribution in [1.29, 1.82) is 0 Å². The van der Waals surface area contributed by atoms with Crippen LogP contribution in [0.5, 0.6) is 0 Å². The summed E-state index contributed by atoms with van der Waals surface area (Å²) in [5.41, 5.74) is 2.61. The second-order valence-electron chi connectivity index (χ2n) is 7.41. The van der Waals surface area contributed by atoms with Crippen LogP contribution in [-0.4, -0.2) is 22.9 Å². The van der Waals surface area contributed by atoms with Gasteiger partial charge in [-0.3, -0.25) is 14.1 Å². The summed E-state index contributed by atoms with van der Waals surface area (Å²) in [6, 6.07) is 11.2. The molecular formula is C22H16N2O5S. The van der Waals surface area contributed by atoms with E-state index in [4.69, 9.17) is 0 Å². The largest absolute Gasteiger partial charge is 0.354 e. The van der Waals surface area contributed by atoms with E-state index in [0.29, 0.717) is 32.9 Å². The first-order chi connectivity index (χ1) is 14.2. The van der Waals surface area contributed by atoms with E-state index in [2.05, 4.69) is 9.97 Å². The van der Waals surface area contributed by atoms with Crippen molar-refractivity contribution >= 4 is 53.7 Å². The minimum absolute atomic E-state index is 0.120. The van der Waals surface area contributed by atoms with E-state index in [-0.39, 0.29) is 21.7 Å². The van der Waals surface area contributed by atoms with Gasteiger partial charge >= 0.3 is 0 Å². The number of nitrogens with one attached hydrogen (secondary N) is 2. The summed E-state index contributed by atoms with van der Waals surface area (Å²) in [5, 5.41) is 1.16. The Morgan fingerprint density at radius 1 is 0.800 bits per heavy atom. The van der Waals surface area contributed by atoms with Crippen LogP contribution < -0.4 is 10.9 Å². The lowest BCUT2D eigenvalue weighted by Crippen LogP contribution is -2.13. The average Bonchev–Trinajstić information content (AvgIpc) is 2.68. The smallest absolute Gasteiger partial charge is 0.295 e. The van der Waals surface area contributed by atoms with E-state index >= 15 is 0 Å². The summed E-state index contributed by atoms with van der Waals surface area (Å²) in [6.07, 6.45) is 0. The zero-order valence-corrected chi connectivity index (χ0v) is 16.8. The van der Waals surface area contributed by atoms with Gasteiger partial charge in [0.1, 0.15) is 4.90 Å². The van der Waals surface area contributed by atoms with E-state index in [1.54, 1.807) is 25.1 Å². The van der Waals surface area contributed by atoms with Gasteiger partial charge in [0, 0.05) is 10.8 Å². The van der Waals surface area contributed by atoms with Gasteiger partial charge < -0.3 is 9.97 Å². The molecular weight excluding hydrogens is 404 g/mol. The number of H-pyrrole nitrogens is 2. The van der Waals surface area contributed by atoms with Crippen molar-refractivity contribution in [2.45, 2.75) is 18.7 Å². The predicted octanol–water partition coefficient (Wildman–Crippen LogP) is 3.54. The van der Waals surface area contributed by atoms with Gasteiger partial charge in [0.05, 0.1) is 32.8 Å². The first-order valence-corrected chi connectivity index (χ1v) is 10.6. The van der Waals surface area contributed by atoms with Crippen LogP contribution in [0.15, 0.2) is 56.9 Å². The van der Waals surface area contributed by atoms with E-state index in [9.17, 15) is 22.6 Å². The van der Waals surface area contributed by atoms with Gasteiger partial charge in [0.25, 0.3) is 10.1 Å². The van der Waals surface area contributed by atoms with Gasteiger partial charge in [0.2, 0.25) is 0 Å². The van der Waals surface area contributed by atoms with Crippen LogP contribution >= 0.6 is 0 Å². The second kappa shape index (κ2) is 6.01. The van der Waals surface area contributed by atoms with Crippen molar-refractivity contribution in [3.05, 3.63) is 74.0 Å². The minimum atomic E-state index is -4.59. The molecule has 5 aromatic rings. The molecule has 0 amide bonds. The van der Waals surface area contributed by atoms with E-state index < -0.39 is 20.4 Å². The highest BCUT2D eigenvalue weighted by Gasteiger charge is 2.20. The zero-order valence-electron chi connectivity index (χ0n) is 16.0. The first-order valence-electron chi connectivity index (χ1n) is 9.19. The highest BCUT2D eigenvalue weighted by Crippen LogP contribution is 2.28. The molecule has 0 atom stereocenters. The maximum atomic E-state index is 13.3. The highest BCUT2D eigenvalue weighted by atomic mass is 32.2. The topological polar surface area (TPSA) is 120 Å². The van der Waals surface area contributed by atoms with Gasteiger partial charge in [-0.1, -0.05) is 18.2 Å². The number of hydrogen-bond donors (Lipinski definition) is 3. The van der Waals surface area contributed by atoms with E-state index in [1.807, 2.05) is 19.1 Å². The Morgan fingerprint density at radius 3 is 2.17 bits per heavy atom. The fraction of sp³-hybridized carbons (Fsp3) is 0.0909. The van der Waals surface area contributed by atoms with E-state index in [1.165, 1.54) is 12.1 Å². The molecule has 5 rings (SSSR count). The second-order valence-corrected chi connectivity index (χ2v) is 8.80. The van der Waals surface area contributed by atoms with Crippen LogP contribution in [0.3, 0.4) is 0 Å². The summed E-state index contributed by atoms with van der Waals surface area (Å²) >= 11 is 0. The van der Waals surface area contributed by atoms with Crippen molar-refractivity contribution < 1.29 is 13.0 Å². The summed E-state index contributed by atoms with van der Waals surface area (Å²) < 4.78 is 33.1. The molecule has 0 bridgehead atoms. The van der Waals surface area contributed by atoms with Gasteiger partial charge in [0.15, 0.2) is 10.9 Å². The molecule has 3 N–H and O–H groups in total. The maximum Gasteiger partial charge on any atom is 0.295 e. The molecule has 0 radical (unpaired) electrons. The molecule has 0 unspecified atom stereocenters. The Kier molecular flexibility index (Phi) is 3.71. The van der Waals surface area contributed by atoms with Crippen LogP contribution in [0.1, 0.15) is 11.1 Å². The lowest BCUT2D eigenvalue weighted by atomic mass is 9.99. The third-order valence-electron chi connectivity index (χ3n) is 5.61. The number of hydrogen-bond acceptors (Lipinski definition) is 4. The number of pyridine rings is 2. The number of benzene rings is 3. The van der Waals surface area contributed by atoms with Crippen LogP contribution in [0.4, 0.5) is 0 Å². The molecule has 8 heteroatoms. The third kappa shape index (κ3) is 2.44. The molecule has 0 aliphatic heterocycles. The Balaban J connectivity index is 2.07. The summed E-state index contributed by atoms with van der Waals surface area (Å²) in [7, 11) is -4.59. The summed E-state index contributed by atoms with van der Waals surface area (Å²) in [4.78, 5) is 32.4.